The third-order valence-electron chi connectivity index (χ3n) is 2.79. The van der Waals surface area contributed by atoms with E-state index in [2.05, 4.69) is 42.4 Å². The van der Waals surface area contributed by atoms with E-state index in [1.165, 1.54) is 35.9 Å². The minimum absolute atomic E-state index is 0.559. The maximum atomic E-state index is 4.16. The number of thioether (sulfide) groups is 1. The minimum atomic E-state index is 0.559. The SMILES string of the molecule is C/N=C\C(=C(/C)N1CCSCC1)C(C)C. The molecule has 2 nitrogen and oxygen atoms in total. The molecule has 0 unspecified atom stereocenters. The van der Waals surface area contributed by atoms with Crippen LogP contribution >= 0.6 is 11.8 Å². The summed E-state index contributed by atoms with van der Waals surface area (Å²) in [6.07, 6.45) is 2.02. The Balaban J connectivity index is 2.82. The number of rotatable bonds is 3. The van der Waals surface area contributed by atoms with Crippen molar-refractivity contribution in [1.29, 1.82) is 0 Å². The first kappa shape index (κ1) is 12.6. The number of nitrogens with zero attached hydrogens (tertiary/aromatic N) is 2. The van der Waals surface area contributed by atoms with Crippen LogP contribution in [0.5, 0.6) is 0 Å². The summed E-state index contributed by atoms with van der Waals surface area (Å²) in [5, 5.41) is 0. The molecule has 3 heteroatoms. The second kappa shape index (κ2) is 6.21. The first-order valence-corrected chi connectivity index (χ1v) is 6.78. The van der Waals surface area contributed by atoms with Crippen molar-refractivity contribution in [3.05, 3.63) is 11.3 Å². The predicted octanol–water partition coefficient (Wildman–Crippen LogP) is 2.67. The Labute approximate surface area is 97.8 Å². The van der Waals surface area contributed by atoms with Gasteiger partial charge in [0, 0.05) is 43.6 Å². The fraction of sp³-hybridized carbons (Fsp3) is 0.750. The summed E-state index contributed by atoms with van der Waals surface area (Å²) in [4.78, 5) is 6.65. The van der Waals surface area contributed by atoms with Gasteiger partial charge in [-0.1, -0.05) is 13.8 Å². The monoisotopic (exact) mass is 226 g/mol. The van der Waals surface area contributed by atoms with Gasteiger partial charge in [0.2, 0.25) is 0 Å². The third-order valence-corrected chi connectivity index (χ3v) is 3.74. The largest absolute Gasteiger partial charge is 0.373 e. The van der Waals surface area contributed by atoms with Crippen molar-refractivity contribution in [2.24, 2.45) is 10.9 Å². The van der Waals surface area contributed by atoms with E-state index >= 15 is 0 Å². The molecule has 0 aromatic carbocycles. The molecule has 0 radical (unpaired) electrons. The van der Waals surface area contributed by atoms with Crippen LogP contribution in [0, 0.1) is 5.92 Å². The molecule has 1 heterocycles. The maximum Gasteiger partial charge on any atom is 0.0277 e. The van der Waals surface area contributed by atoms with E-state index in [1.54, 1.807) is 0 Å². The quantitative estimate of drug-likeness (QED) is 0.688. The molecular formula is C12H22N2S. The van der Waals surface area contributed by atoms with Crippen LogP contribution in [0.25, 0.3) is 0 Å². The van der Waals surface area contributed by atoms with Crippen molar-refractivity contribution in [2.45, 2.75) is 20.8 Å². The highest BCUT2D eigenvalue weighted by Crippen LogP contribution is 2.20. The Hall–Kier alpha value is -0.440. The first-order chi connectivity index (χ1) is 7.16. The van der Waals surface area contributed by atoms with Gasteiger partial charge >= 0.3 is 0 Å². The molecule has 1 aliphatic rings. The van der Waals surface area contributed by atoms with Gasteiger partial charge in [0.1, 0.15) is 0 Å². The molecule has 1 saturated heterocycles. The number of hydrogen-bond donors (Lipinski definition) is 0. The van der Waals surface area contributed by atoms with Crippen molar-refractivity contribution in [3.8, 4) is 0 Å². The molecule has 0 atom stereocenters. The second-order valence-electron chi connectivity index (χ2n) is 4.18. The summed E-state index contributed by atoms with van der Waals surface area (Å²) in [5.41, 5.74) is 2.79. The van der Waals surface area contributed by atoms with Crippen LogP contribution in [0.2, 0.25) is 0 Å². The molecule has 1 fully saturated rings. The van der Waals surface area contributed by atoms with Gasteiger partial charge in [-0.3, -0.25) is 4.99 Å². The van der Waals surface area contributed by atoms with E-state index in [0.717, 1.165) is 0 Å². The topological polar surface area (TPSA) is 15.6 Å². The van der Waals surface area contributed by atoms with E-state index in [4.69, 9.17) is 0 Å². The summed E-state index contributed by atoms with van der Waals surface area (Å²) in [7, 11) is 1.85. The van der Waals surface area contributed by atoms with Crippen LogP contribution in [-0.2, 0) is 0 Å². The molecule has 0 N–H and O–H groups in total. The molecular weight excluding hydrogens is 204 g/mol. The molecule has 0 amide bonds. The normalized spacial score (nSPS) is 19.9. The lowest BCUT2D eigenvalue weighted by atomic mass is 10.0. The molecule has 0 aromatic heterocycles. The number of allylic oxidation sites excluding steroid dienone is 2. The molecule has 1 rings (SSSR count). The van der Waals surface area contributed by atoms with Gasteiger partial charge in [0.15, 0.2) is 0 Å². The van der Waals surface area contributed by atoms with Gasteiger partial charge < -0.3 is 4.90 Å². The summed E-state index contributed by atoms with van der Waals surface area (Å²) in [5.74, 6) is 3.07. The van der Waals surface area contributed by atoms with Crippen LogP contribution in [0.1, 0.15) is 20.8 Å². The molecule has 0 saturated carbocycles. The summed E-state index contributed by atoms with van der Waals surface area (Å²) >= 11 is 2.05. The predicted molar refractivity (Wildman–Crippen MR) is 70.9 cm³/mol. The second-order valence-corrected chi connectivity index (χ2v) is 5.41. The van der Waals surface area contributed by atoms with Crippen LogP contribution in [-0.4, -0.2) is 42.8 Å². The van der Waals surface area contributed by atoms with E-state index in [1.807, 2.05) is 13.3 Å². The Morgan fingerprint density at radius 3 is 2.40 bits per heavy atom. The van der Waals surface area contributed by atoms with Gasteiger partial charge in [-0.2, -0.15) is 11.8 Å². The van der Waals surface area contributed by atoms with Crippen molar-refractivity contribution in [1.82, 2.24) is 4.90 Å². The van der Waals surface area contributed by atoms with Crippen molar-refractivity contribution >= 4 is 18.0 Å². The first-order valence-electron chi connectivity index (χ1n) is 5.62. The molecule has 15 heavy (non-hydrogen) atoms. The van der Waals surface area contributed by atoms with E-state index in [0.29, 0.717) is 5.92 Å². The standard InChI is InChI=1S/C12H22N2S/c1-10(2)12(9-13-4)11(3)14-5-7-15-8-6-14/h9-10H,5-8H2,1-4H3/b12-11-,13-9-. The Kier molecular flexibility index (Phi) is 5.23. The van der Waals surface area contributed by atoms with Gasteiger partial charge in [-0.25, -0.2) is 0 Å². The zero-order valence-corrected chi connectivity index (χ0v) is 11.1. The minimum Gasteiger partial charge on any atom is -0.373 e. The van der Waals surface area contributed by atoms with Gasteiger partial charge in [-0.05, 0) is 18.4 Å². The van der Waals surface area contributed by atoms with Crippen LogP contribution in [0.3, 0.4) is 0 Å². The molecule has 86 valence electrons. The fourth-order valence-electron chi connectivity index (χ4n) is 1.88. The molecule has 0 aromatic rings. The van der Waals surface area contributed by atoms with E-state index in [9.17, 15) is 0 Å². The lowest BCUT2D eigenvalue weighted by Crippen LogP contribution is -2.32. The Morgan fingerprint density at radius 1 is 1.33 bits per heavy atom. The van der Waals surface area contributed by atoms with Crippen LogP contribution in [0.4, 0.5) is 0 Å². The fourth-order valence-corrected chi connectivity index (χ4v) is 2.78. The molecule has 0 spiro atoms. The Morgan fingerprint density at radius 2 is 1.93 bits per heavy atom. The third kappa shape index (κ3) is 3.56. The highest BCUT2D eigenvalue weighted by atomic mass is 32.2. The highest BCUT2D eigenvalue weighted by molar-refractivity contribution is 7.99. The Bertz CT molecular complexity index is 250. The van der Waals surface area contributed by atoms with Crippen molar-refractivity contribution < 1.29 is 0 Å². The zero-order chi connectivity index (χ0) is 11.3. The zero-order valence-electron chi connectivity index (χ0n) is 10.3. The molecule has 1 aliphatic heterocycles. The van der Waals surface area contributed by atoms with Crippen LogP contribution in [0.15, 0.2) is 16.3 Å². The van der Waals surface area contributed by atoms with Crippen LogP contribution < -0.4 is 0 Å². The lowest BCUT2D eigenvalue weighted by molar-refractivity contribution is 0.376. The van der Waals surface area contributed by atoms with Gasteiger partial charge in [-0.15, -0.1) is 0 Å². The lowest BCUT2D eigenvalue weighted by Gasteiger charge is -2.31. The highest BCUT2D eigenvalue weighted by Gasteiger charge is 2.14. The summed E-state index contributed by atoms with van der Waals surface area (Å²) in [6.45, 7) is 9.07. The molecule has 0 aliphatic carbocycles. The number of hydrogen-bond acceptors (Lipinski definition) is 3. The average molecular weight is 226 g/mol. The van der Waals surface area contributed by atoms with Crippen molar-refractivity contribution in [2.75, 3.05) is 31.6 Å². The maximum absolute atomic E-state index is 4.16. The average Bonchev–Trinajstić information content (AvgIpc) is 2.26. The smallest absolute Gasteiger partial charge is 0.0277 e. The van der Waals surface area contributed by atoms with Crippen molar-refractivity contribution in [3.63, 3.8) is 0 Å². The van der Waals surface area contributed by atoms with E-state index in [-0.39, 0.29) is 0 Å². The summed E-state index contributed by atoms with van der Waals surface area (Å²) in [6, 6.07) is 0. The van der Waals surface area contributed by atoms with E-state index < -0.39 is 0 Å². The van der Waals surface area contributed by atoms with Gasteiger partial charge in [0.25, 0.3) is 0 Å². The number of aliphatic imine (C=N–C) groups is 1. The molecule has 0 bridgehead atoms. The van der Waals surface area contributed by atoms with Gasteiger partial charge in [0.05, 0.1) is 0 Å². The summed E-state index contributed by atoms with van der Waals surface area (Å²) < 4.78 is 0.